The molecule has 0 saturated carbocycles. The number of likely N-dealkylation sites (N-methyl/N-ethyl adjacent to an activating group) is 1. The third-order valence-corrected chi connectivity index (χ3v) is 3.96. The number of hydrogen-bond donors (Lipinski definition) is 0. The molecule has 18 heavy (non-hydrogen) atoms. The molecule has 0 aliphatic carbocycles. The minimum absolute atomic E-state index is 0.0559. The molecule has 2 amide bonds. The number of carbonyl (C=O) groups is 2. The molecule has 4 heteroatoms. The van der Waals surface area contributed by atoms with Gasteiger partial charge in [0.25, 0.3) is 0 Å². The van der Waals surface area contributed by atoms with Crippen LogP contribution in [-0.2, 0) is 9.59 Å². The molecule has 1 unspecified atom stereocenters. The largest absolute Gasteiger partial charge is 0.341 e. The van der Waals surface area contributed by atoms with E-state index in [1.807, 2.05) is 41.7 Å². The topological polar surface area (TPSA) is 40.6 Å². The minimum atomic E-state index is -0.652. The molecule has 0 aromatic carbocycles. The third kappa shape index (κ3) is 2.52. The lowest BCUT2D eigenvalue weighted by molar-refractivity contribution is -0.152. The van der Waals surface area contributed by atoms with Crippen LogP contribution in [0.4, 0.5) is 0 Å². The molecule has 0 N–H and O–H groups in total. The second-order valence-corrected chi connectivity index (χ2v) is 6.03. The zero-order valence-electron chi connectivity index (χ0n) is 12.5. The van der Waals surface area contributed by atoms with Gasteiger partial charge in [-0.15, -0.1) is 0 Å². The highest BCUT2D eigenvalue weighted by atomic mass is 16.2. The lowest BCUT2D eigenvalue weighted by Gasteiger charge is -2.39. The van der Waals surface area contributed by atoms with Gasteiger partial charge in [0, 0.05) is 25.6 Å². The summed E-state index contributed by atoms with van der Waals surface area (Å²) < 4.78 is 0. The molecule has 0 aromatic rings. The Balaban J connectivity index is 2.96. The predicted molar refractivity (Wildman–Crippen MR) is 72.1 cm³/mol. The summed E-state index contributed by atoms with van der Waals surface area (Å²) in [6, 6.07) is 0.158. The fourth-order valence-corrected chi connectivity index (χ4v) is 2.47. The summed E-state index contributed by atoms with van der Waals surface area (Å²) in [7, 11) is 1.81. The first-order valence-electron chi connectivity index (χ1n) is 6.80. The number of carbonyl (C=O) groups excluding carboxylic acids is 2. The van der Waals surface area contributed by atoms with Crippen molar-refractivity contribution in [1.82, 2.24) is 9.80 Å². The van der Waals surface area contributed by atoms with Gasteiger partial charge in [-0.3, -0.25) is 9.59 Å². The SMILES string of the molecule is CC(C)C(=O)N1CCCC1(C)C(=O)N(C)C(C)C. The molecule has 1 atom stereocenters. The molecule has 1 rings (SSSR count). The van der Waals surface area contributed by atoms with Crippen LogP contribution >= 0.6 is 0 Å². The molecule has 1 aliphatic heterocycles. The van der Waals surface area contributed by atoms with Crippen LogP contribution < -0.4 is 0 Å². The molecular formula is C14H26N2O2. The molecule has 0 bridgehead atoms. The van der Waals surface area contributed by atoms with E-state index in [1.54, 1.807) is 9.80 Å². The van der Waals surface area contributed by atoms with Gasteiger partial charge >= 0.3 is 0 Å². The number of likely N-dealkylation sites (tertiary alicyclic amines) is 1. The van der Waals surface area contributed by atoms with Crippen molar-refractivity contribution in [2.75, 3.05) is 13.6 Å². The maximum atomic E-state index is 12.6. The molecule has 0 aromatic heterocycles. The lowest BCUT2D eigenvalue weighted by atomic mass is 9.95. The second-order valence-electron chi connectivity index (χ2n) is 6.03. The smallest absolute Gasteiger partial charge is 0.248 e. The second kappa shape index (κ2) is 5.29. The van der Waals surface area contributed by atoms with Gasteiger partial charge in [0.05, 0.1) is 0 Å². The van der Waals surface area contributed by atoms with E-state index in [4.69, 9.17) is 0 Å². The van der Waals surface area contributed by atoms with E-state index in [9.17, 15) is 9.59 Å². The summed E-state index contributed by atoms with van der Waals surface area (Å²) in [5.74, 6) is 0.0871. The highest BCUT2D eigenvalue weighted by Crippen LogP contribution is 2.32. The van der Waals surface area contributed by atoms with E-state index in [0.717, 1.165) is 12.8 Å². The average molecular weight is 254 g/mol. The Kier molecular flexibility index (Phi) is 4.41. The van der Waals surface area contributed by atoms with E-state index in [1.165, 1.54) is 0 Å². The summed E-state index contributed by atoms with van der Waals surface area (Å²) >= 11 is 0. The summed E-state index contributed by atoms with van der Waals surface area (Å²) in [5.41, 5.74) is -0.652. The Morgan fingerprint density at radius 3 is 2.22 bits per heavy atom. The molecule has 1 fully saturated rings. The van der Waals surface area contributed by atoms with Gasteiger partial charge in [-0.2, -0.15) is 0 Å². The van der Waals surface area contributed by atoms with Gasteiger partial charge in [-0.05, 0) is 33.6 Å². The van der Waals surface area contributed by atoms with Crippen LogP contribution in [0.5, 0.6) is 0 Å². The summed E-state index contributed by atoms with van der Waals surface area (Å²) in [5, 5.41) is 0. The summed E-state index contributed by atoms with van der Waals surface area (Å²) in [6.07, 6.45) is 1.67. The first kappa shape index (κ1) is 15.0. The van der Waals surface area contributed by atoms with Gasteiger partial charge in [0.1, 0.15) is 5.54 Å². The zero-order chi connectivity index (χ0) is 14.1. The van der Waals surface area contributed by atoms with Crippen LogP contribution in [0, 0.1) is 5.92 Å². The van der Waals surface area contributed by atoms with Gasteiger partial charge in [-0.25, -0.2) is 0 Å². The van der Waals surface area contributed by atoms with Crippen LogP contribution in [0.3, 0.4) is 0 Å². The molecule has 104 valence electrons. The van der Waals surface area contributed by atoms with Gasteiger partial charge in [0.2, 0.25) is 11.8 Å². The Morgan fingerprint density at radius 2 is 1.78 bits per heavy atom. The molecular weight excluding hydrogens is 228 g/mol. The first-order valence-corrected chi connectivity index (χ1v) is 6.80. The Hall–Kier alpha value is -1.06. The molecule has 1 heterocycles. The normalized spacial score (nSPS) is 23.9. The van der Waals surface area contributed by atoms with Crippen molar-refractivity contribution in [3.05, 3.63) is 0 Å². The van der Waals surface area contributed by atoms with Gasteiger partial charge in [-0.1, -0.05) is 13.8 Å². The highest BCUT2D eigenvalue weighted by molar-refractivity contribution is 5.92. The van der Waals surface area contributed by atoms with E-state index in [2.05, 4.69) is 0 Å². The highest BCUT2D eigenvalue weighted by Gasteiger charge is 2.47. The maximum Gasteiger partial charge on any atom is 0.248 e. The van der Waals surface area contributed by atoms with Crippen molar-refractivity contribution in [2.24, 2.45) is 5.92 Å². The van der Waals surface area contributed by atoms with E-state index in [0.29, 0.717) is 6.54 Å². The average Bonchev–Trinajstić information content (AvgIpc) is 2.69. The fraction of sp³-hybridized carbons (Fsp3) is 0.857. The standard InChI is InChI=1S/C14H26N2O2/c1-10(2)12(17)16-9-7-8-14(16,5)13(18)15(6)11(3)4/h10-11H,7-9H2,1-6H3. The Bertz CT molecular complexity index is 339. The zero-order valence-corrected chi connectivity index (χ0v) is 12.5. The van der Waals surface area contributed by atoms with Crippen LogP contribution in [0.2, 0.25) is 0 Å². The number of amides is 2. The quantitative estimate of drug-likeness (QED) is 0.771. The van der Waals surface area contributed by atoms with Crippen LogP contribution in [-0.4, -0.2) is 46.8 Å². The van der Waals surface area contributed by atoms with Crippen LogP contribution in [0.25, 0.3) is 0 Å². The van der Waals surface area contributed by atoms with Crippen molar-refractivity contribution in [2.45, 2.75) is 59.0 Å². The third-order valence-electron chi connectivity index (χ3n) is 3.96. The van der Waals surface area contributed by atoms with Crippen molar-refractivity contribution < 1.29 is 9.59 Å². The van der Waals surface area contributed by atoms with Crippen molar-refractivity contribution in [3.8, 4) is 0 Å². The summed E-state index contributed by atoms with van der Waals surface area (Å²) in [4.78, 5) is 28.3. The molecule has 0 radical (unpaired) electrons. The molecule has 4 nitrogen and oxygen atoms in total. The summed E-state index contributed by atoms with van der Waals surface area (Å²) in [6.45, 7) is 10.4. The fourth-order valence-electron chi connectivity index (χ4n) is 2.47. The van der Waals surface area contributed by atoms with E-state index in [-0.39, 0.29) is 23.8 Å². The Morgan fingerprint density at radius 1 is 1.22 bits per heavy atom. The first-order chi connectivity index (χ1) is 8.21. The van der Waals surface area contributed by atoms with Crippen LogP contribution in [0.15, 0.2) is 0 Å². The number of nitrogens with zero attached hydrogens (tertiary/aromatic N) is 2. The van der Waals surface area contributed by atoms with E-state index < -0.39 is 5.54 Å². The maximum absolute atomic E-state index is 12.6. The van der Waals surface area contributed by atoms with Crippen LogP contribution in [0.1, 0.15) is 47.5 Å². The predicted octanol–water partition coefficient (Wildman–Crippen LogP) is 1.89. The molecule has 1 saturated heterocycles. The number of rotatable bonds is 3. The number of hydrogen-bond acceptors (Lipinski definition) is 2. The molecule has 0 spiro atoms. The van der Waals surface area contributed by atoms with Gasteiger partial charge < -0.3 is 9.80 Å². The Labute approximate surface area is 110 Å². The van der Waals surface area contributed by atoms with E-state index >= 15 is 0 Å². The van der Waals surface area contributed by atoms with Gasteiger partial charge in [0.15, 0.2) is 0 Å². The molecule has 1 aliphatic rings. The van der Waals surface area contributed by atoms with Crippen molar-refractivity contribution in [3.63, 3.8) is 0 Å². The monoisotopic (exact) mass is 254 g/mol. The lowest BCUT2D eigenvalue weighted by Crippen LogP contribution is -2.57. The minimum Gasteiger partial charge on any atom is -0.341 e. The van der Waals surface area contributed by atoms with Crippen molar-refractivity contribution in [1.29, 1.82) is 0 Å². The van der Waals surface area contributed by atoms with Crippen molar-refractivity contribution >= 4 is 11.8 Å².